The molecule has 19 heavy (non-hydrogen) atoms. The quantitative estimate of drug-likeness (QED) is 0.492. The van der Waals surface area contributed by atoms with Crippen LogP contribution >= 0.6 is 12.2 Å². The van der Waals surface area contributed by atoms with E-state index >= 15 is 0 Å². The zero-order chi connectivity index (χ0) is 15.1. The average Bonchev–Trinajstić information content (AvgIpc) is 2.37. The van der Waals surface area contributed by atoms with E-state index in [0.29, 0.717) is 11.3 Å². The van der Waals surface area contributed by atoms with Crippen LogP contribution in [0, 0.1) is 5.41 Å². The molecule has 0 aliphatic heterocycles. The van der Waals surface area contributed by atoms with Crippen molar-refractivity contribution >= 4 is 35.0 Å². The maximum Gasteiger partial charge on any atom is 0.316 e. The molecule has 0 rings (SSSR count). The molecule has 0 amide bonds. The second-order valence-electron chi connectivity index (χ2n) is 4.14. The van der Waals surface area contributed by atoms with Crippen LogP contribution in [0.1, 0.15) is 39.0 Å². The number of carboxylic acid groups (broad SMARTS) is 2. The van der Waals surface area contributed by atoms with Gasteiger partial charge in [-0.05, 0) is 19.3 Å². The number of rotatable bonds is 9. The van der Waals surface area contributed by atoms with Crippen LogP contribution in [0.25, 0.3) is 0 Å². The van der Waals surface area contributed by atoms with Gasteiger partial charge in [-0.25, -0.2) is 0 Å². The van der Waals surface area contributed by atoms with Gasteiger partial charge in [0.25, 0.3) is 0 Å². The van der Waals surface area contributed by atoms with Crippen LogP contribution in [0.2, 0.25) is 0 Å². The first-order valence-electron chi connectivity index (χ1n) is 5.85. The fraction of sp³-hybridized carbons (Fsp3) is 0.667. The van der Waals surface area contributed by atoms with Crippen molar-refractivity contribution in [1.82, 2.24) is 0 Å². The summed E-state index contributed by atoms with van der Waals surface area (Å²) in [6.07, 6.45) is -0.253. The molecule has 0 unspecified atom stereocenters. The van der Waals surface area contributed by atoms with Gasteiger partial charge in [-0.1, -0.05) is 19.1 Å². The lowest BCUT2D eigenvalue weighted by molar-refractivity contribution is -0.150. The molecule has 0 aromatic carbocycles. The molecule has 0 spiro atoms. The van der Waals surface area contributed by atoms with Crippen LogP contribution in [0.3, 0.4) is 0 Å². The van der Waals surface area contributed by atoms with Crippen LogP contribution in [0.4, 0.5) is 0 Å². The third-order valence-corrected chi connectivity index (χ3v) is 3.64. The fourth-order valence-corrected chi connectivity index (χ4v) is 2.18. The third-order valence-electron chi connectivity index (χ3n) is 2.96. The van der Waals surface area contributed by atoms with E-state index in [9.17, 15) is 14.4 Å². The van der Waals surface area contributed by atoms with Gasteiger partial charge in [0.15, 0.2) is 0 Å². The average molecular weight is 290 g/mol. The van der Waals surface area contributed by atoms with Crippen molar-refractivity contribution in [2.75, 3.05) is 7.11 Å². The lowest BCUT2D eigenvalue weighted by Gasteiger charge is -2.30. The van der Waals surface area contributed by atoms with E-state index in [4.69, 9.17) is 27.2 Å². The number of hydrogen-bond donors (Lipinski definition) is 2. The van der Waals surface area contributed by atoms with Gasteiger partial charge in [-0.15, -0.1) is 0 Å². The minimum Gasteiger partial charge on any atom is -0.481 e. The second kappa shape index (κ2) is 7.83. The summed E-state index contributed by atoms with van der Waals surface area (Å²) in [6.45, 7) is 1.74. The van der Waals surface area contributed by atoms with Gasteiger partial charge in [0.1, 0.15) is 5.41 Å². The molecule has 0 saturated heterocycles. The molecule has 0 aliphatic rings. The molecule has 0 radical (unpaired) electrons. The summed E-state index contributed by atoms with van der Waals surface area (Å²) in [5, 5.41) is 17.5. The topological polar surface area (TPSA) is 101 Å². The van der Waals surface area contributed by atoms with Crippen molar-refractivity contribution in [2.45, 2.75) is 39.0 Å². The predicted octanol–water partition coefficient (Wildman–Crippen LogP) is 1.66. The summed E-state index contributed by atoms with van der Waals surface area (Å²) < 4.78 is 4.69. The van der Waals surface area contributed by atoms with Gasteiger partial charge >= 0.3 is 17.9 Å². The van der Waals surface area contributed by atoms with Crippen LogP contribution in [0.15, 0.2) is 0 Å². The van der Waals surface area contributed by atoms with Crippen molar-refractivity contribution in [3.8, 4) is 0 Å². The molecule has 7 heteroatoms. The Balaban J connectivity index is 5.30. The summed E-state index contributed by atoms with van der Waals surface area (Å²) in [5.74, 6) is -2.80. The zero-order valence-corrected chi connectivity index (χ0v) is 11.8. The Hall–Kier alpha value is -1.50. The number of thiocarbonyl (C=S) groups is 1. The number of carboxylic acids is 2. The van der Waals surface area contributed by atoms with E-state index in [2.05, 4.69) is 0 Å². The number of methoxy groups -OCH3 is 1. The summed E-state index contributed by atoms with van der Waals surface area (Å²) in [5.41, 5.74) is -1.31. The smallest absolute Gasteiger partial charge is 0.316 e. The van der Waals surface area contributed by atoms with Gasteiger partial charge in [0, 0.05) is 17.7 Å². The molecule has 108 valence electrons. The summed E-state index contributed by atoms with van der Waals surface area (Å²) in [6, 6.07) is 0. The molecule has 0 aromatic rings. The molecule has 0 fully saturated rings. The van der Waals surface area contributed by atoms with Gasteiger partial charge in [0.2, 0.25) is 0 Å². The van der Waals surface area contributed by atoms with Crippen molar-refractivity contribution in [1.29, 1.82) is 0 Å². The summed E-state index contributed by atoms with van der Waals surface area (Å²) in [7, 11) is 1.18. The first kappa shape index (κ1) is 17.5. The highest BCUT2D eigenvalue weighted by Crippen LogP contribution is 2.35. The highest BCUT2D eigenvalue weighted by atomic mass is 32.1. The minimum atomic E-state index is -1.31. The molecule has 6 nitrogen and oxygen atoms in total. The monoisotopic (exact) mass is 290 g/mol. The maximum atomic E-state index is 12.0. The third kappa shape index (κ3) is 4.94. The van der Waals surface area contributed by atoms with Crippen molar-refractivity contribution in [2.24, 2.45) is 5.41 Å². The van der Waals surface area contributed by atoms with Crippen molar-refractivity contribution in [3.63, 3.8) is 0 Å². The van der Waals surface area contributed by atoms with Gasteiger partial charge < -0.3 is 14.9 Å². The van der Waals surface area contributed by atoms with Gasteiger partial charge in [0.05, 0.1) is 7.11 Å². The highest BCUT2D eigenvalue weighted by Gasteiger charge is 2.43. The maximum absolute atomic E-state index is 12.0. The molecule has 0 heterocycles. The van der Waals surface area contributed by atoms with Crippen molar-refractivity contribution in [3.05, 3.63) is 0 Å². The normalized spacial score (nSPS) is 10.8. The first-order chi connectivity index (χ1) is 8.80. The molecule has 2 N–H and O–H groups in total. The largest absolute Gasteiger partial charge is 0.481 e. The Kier molecular flexibility index (Phi) is 7.21. The number of hydrogen-bond acceptors (Lipinski definition) is 5. The summed E-state index contributed by atoms with van der Waals surface area (Å²) >= 11 is 5.15. The molecule has 0 aromatic heterocycles. The molecular formula is C12H18O6S. The van der Waals surface area contributed by atoms with E-state index < -0.39 is 23.3 Å². The Bertz CT molecular complexity index is 340. The van der Waals surface area contributed by atoms with E-state index in [1.807, 2.05) is 0 Å². The van der Waals surface area contributed by atoms with E-state index in [0.717, 1.165) is 0 Å². The van der Waals surface area contributed by atoms with E-state index in [1.54, 1.807) is 6.92 Å². The lowest BCUT2D eigenvalue weighted by atomic mass is 9.75. The number of aliphatic carboxylic acids is 2. The fourth-order valence-electron chi connectivity index (χ4n) is 1.90. The Labute approximate surface area is 116 Å². The standard InChI is InChI=1S/C12H18O6S/c1-3-8(19)12(11(17)18-2,6-4-9(13)14)7-5-10(15)16/h3-7H2,1-2H3,(H,13,14)(H,15,16). The van der Waals surface area contributed by atoms with Crippen LogP contribution in [-0.2, 0) is 19.1 Å². The molecule has 0 bridgehead atoms. The first-order valence-corrected chi connectivity index (χ1v) is 6.26. The molecular weight excluding hydrogens is 272 g/mol. The number of carbonyl (C=O) groups is 3. The minimum absolute atomic E-state index is 0.0467. The predicted molar refractivity (Wildman–Crippen MR) is 71.1 cm³/mol. The van der Waals surface area contributed by atoms with Crippen molar-refractivity contribution < 1.29 is 29.3 Å². The van der Waals surface area contributed by atoms with Gasteiger partial charge in [-0.3, -0.25) is 14.4 Å². The van der Waals surface area contributed by atoms with Crippen LogP contribution in [0.5, 0.6) is 0 Å². The summed E-state index contributed by atoms with van der Waals surface area (Å²) in [4.78, 5) is 33.7. The number of carbonyl (C=O) groups excluding carboxylic acids is 1. The Morgan fingerprint density at radius 2 is 1.53 bits per heavy atom. The van der Waals surface area contributed by atoms with Crippen LogP contribution < -0.4 is 0 Å². The molecule has 0 atom stereocenters. The SMILES string of the molecule is CCC(=S)C(CCC(=O)O)(CCC(=O)O)C(=O)OC. The van der Waals surface area contributed by atoms with E-state index in [1.165, 1.54) is 7.11 Å². The second-order valence-corrected chi connectivity index (χ2v) is 4.63. The number of esters is 1. The Morgan fingerprint density at radius 3 is 1.79 bits per heavy atom. The Morgan fingerprint density at radius 1 is 1.11 bits per heavy atom. The van der Waals surface area contributed by atoms with E-state index in [-0.39, 0.29) is 25.7 Å². The zero-order valence-electron chi connectivity index (χ0n) is 11.0. The molecule has 0 aliphatic carbocycles. The number of ether oxygens (including phenoxy) is 1. The lowest BCUT2D eigenvalue weighted by Crippen LogP contribution is -2.40. The van der Waals surface area contributed by atoms with Crippen LogP contribution in [-0.4, -0.2) is 40.1 Å². The highest BCUT2D eigenvalue weighted by molar-refractivity contribution is 7.80. The molecule has 0 saturated carbocycles. The van der Waals surface area contributed by atoms with Gasteiger partial charge in [-0.2, -0.15) is 0 Å².